The molecule has 1 saturated heterocycles. The van der Waals surface area contributed by atoms with Crippen molar-refractivity contribution >= 4 is 5.91 Å². The summed E-state index contributed by atoms with van der Waals surface area (Å²) in [5.74, 6) is 1.01. The Morgan fingerprint density at radius 3 is 3.00 bits per heavy atom. The fourth-order valence-corrected chi connectivity index (χ4v) is 2.47. The van der Waals surface area contributed by atoms with Crippen LogP contribution in [0.3, 0.4) is 0 Å². The largest absolute Gasteiger partial charge is 0.361 e. The zero-order valence-corrected chi connectivity index (χ0v) is 10.7. The van der Waals surface area contributed by atoms with Gasteiger partial charge in [0.15, 0.2) is 0 Å². The Morgan fingerprint density at radius 1 is 1.50 bits per heavy atom. The zero-order valence-electron chi connectivity index (χ0n) is 10.7. The molecule has 1 aliphatic carbocycles. The highest BCUT2D eigenvalue weighted by molar-refractivity contribution is 5.82. The first-order chi connectivity index (χ1) is 8.72. The second-order valence-corrected chi connectivity index (χ2v) is 5.32. The summed E-state index contributed by atoms with van der Waals surface area (Å²) >= 11 is 0. The molecular formula is C13H19N3O2. The van der Waals surface area contributed by atoms with Gasteiger partial charge in [-0.1, -0.05) is 5.16 Å². The number of nitrogens with one attached hydrogen (secondary N) is 1. The summed E-state index contributed by atoms with van der Waals surface area (Å²) in [5.41, 5.74) is 0.841. The van der Waals surface area contributed by atoms with Crippen LogP contribution in [0.1, 0.15) is 37.1 Å². The first-order valence-corrected chi connectivity index (χ1v) is 6.69. The molecule has 5 heteroatoms. The van der Waals surface area contributed by atoms with Gasteiger partial charge >= 0.3 is 0 Å². The fraction of sp³-hybridized carbons (Fsp3) is 0.692. The van der Waals surface area contributed by atoms with Gasteiger partial charge in [-0.05, 0) is 32.6 Å². The third-order valence-electron chi connectivity index (χ3n) is 3.57. The molecule has 1 amide bonds. The van der Waals surface area contributed by atoms with Gasteiger partial charge in [0.05, 0.1) is 12.6 Å². The molecule has 0 radical (unpaired) electrons. The van der Waals surface area contributed by atoms with Gasteiger partial charge in [0, 0.05) is 18.7 Å². The number of nitrogens with zero attached hydrogens (tertiary/aromatic N) is 2. The standard InChI is InChI=1S/C13H19N3O2/c1-9-7-11(15-18-9)8-16-6-2-3-12(13(16)17)14-10-4-5-10/h7,10,12,14H,2-6,8H2,1H3. The molecular weight excluding hydrogens is 230 g/mol. The van der Waals surface area contributed by atoms with Crippen LogP contribution in [0.4, 0.5) is 0 Å². The van der Waals surface area contributed by atoms with Crippen molar-refractivity contribution in [1.29, 1.82) is 0 Å². The van der Waals surface area contributed by atoms with Gasteiger partial charge in [-0.3, -0.25) is 4.79 Å². The van der Waals surface area contributed by atoms with E-state index in [0.29, 0.717) is 12.6 Å². The number of aryl methyl sites for hydroxylation is 1. The lowest BCUT2D eigenvalue weighted by Crippen LogP contribution is -2.50. The highest BCUT2D eigenvalue weighted by atomic mass is 16.5. The van der Waals surface area contributed by atoms with E-state index in [0.717, 1.165) is 30.8 Å². The van der Waals surface area contributed by atoms with E-state index in [1.54, 1.807) is 0 Å². The van der Waals surface area contributed by atoms with Gasteiger partial charge in [-0.2, -0.15) is 0 Å². The summed E-state index contributed by atoms with van der Waals surface area (Å²) in [6, 6.07) is 2.48. The maximum atomic E-state index is 12.3. The summed E-state index contributed by atoms with van der Waals surface area (Å²) in [5, 5.41) is 7.38. The topological polar surface area (TPSA) is 58.4 Å². The third-order valence-corrected chi connectivity index (χ3v) is 3.57. The SMILES string of the molecule is Cc1cc(CN2CCCC(NC3CC3)C2=O)no1. The van der Waals surface area contributed by atoms with E-state index >= 15 is 0 Å². The van der Waals surface area contributed by atoms with E-state index in [1.807, 2.05) is 17.9 Å². The monoisotopic (exact) mass is 249 g/mol. The van der Waals surface area contributed by atoms with Crippen LogP contribution >= 0.6 is 0 Å². The second-order valence-electron chi connectivity index (χ2n) is 5.32. The molecule has 1 aliphatic heterocycles. The Morgan fingerprint density at radius 2 is 2.33 bits per heavy atom. The molecule has 1 N–H and O–H groups in total. The van der Waals surface area contributed by atoms with E-state index in [4.69, 9.17) is 4.52 Å². The first kappa shape index (κ1) is 11.7. The first-order valence-electron chi connectivity index (χ1n) is 6.69. The van der Waals surface area contributed by atoms with Crippen LogP contribution in [0.15, 0.2) is 10.6 Å². The van der Waals surface area contributed by atoms with E-state index < -0.39 is 0 Å². The van der Waals surface area contributed by atoms with Crippen molar-refractivity contribution in [3.63, 3.8) is 0 Å². The molecule has 2 fully saturated rings. The highest BCUT2D eigenvalue weighted by Crippen LogP contribution is 2.23. The van der Waals surface area contributed by atoms with Crippen LogP contribution in [-0.4, -0.2) is 34.6 Å². The van der Waals surface area contributed by atoms with Crippen LogP contribution in [0.2, 0.25) is 0 Å². The summed E-state index contributed by atoms with van der Waals surface area (Å²) in [7, 11) is 0. The number of piperidine rings is 1. The average Bonchev–Trinajstić information content (AvgIpc) is 3.07. The molecule has 1 unspecified atom stereocenters. The number of hydrogen-bond acceptors (Lipinski definition) is 4. The second kappa shape index (κ2) is 4.72. The molecule has 98 valence electrons. The molecule has 5 nitrogen and oxygen atoms in total. The Kier molecular flexibility index (Phi) is 3.07. The number of carbonyl (C=O) groups is 1. The summed E-state index contributed by atoms with van der Waals surface area (Å²) < 4.78 is 5.04. The molecule has 2 heterocycles. The minimum atomic E-state index is 0.0132. The van der Waals surface area contributed by atoms with Gasteiger partial charge in [0.25, 0.3) is 0 Å². The minimum absolute atomic E-state index is 0.0132. The van der Waals surface area contributed by atoms with Crippen molar-refractivity contribution in [1.82, 2.24) is 15.4 Å². The lowest BCUT2D eigenvalue weighted by Gasteiger charge is -2.32. The van der Waals surface area contributed by atoms with Gasteiger partial charge in [0.1, 0.15) is 11.5 Å². The normalized spacial score (nSPS) is 24.6. The maximum Gasteiger partial charge on any atom is 0.240 e. The quantitative estimate of drug-likeness (QED) is 0.872. The van der Waals surface area contributed by atoms with Gasteiger partial charge < -0.3 is 14.7 Å². The smallest absolute Gasteiger partial charge is 0.240 e. The lowest BCUT2D eigenvalue weighted by molar-refractivity contribution is -0.136. The van der Waals surface area contributed by atoms with Gasteiger partial charge in [-0.25, -0.2) is 0 Å². The fourth-order valence-electron chi connectivity index (χ4n) is 2.47. The molecule has 2 aliphatic rings. The van der Waals surface area contributed by atoms with Gasteiger partial charge in [-0.15, -0.1) is 0 Å². The lowest BCUT2D eigenvalue weighted by atomic mass is 10.0. The van der Waals surface area contributed by atoms with Crippen molar-refractivity contribution in [3.05, 3.63) is 17.5 Å². The third kappa shape index (κ3) is 2.56. The van der Waals surface area contributed by atoms with E-state index in [2.05, 4.69) is 10.5 Å². The van der Waals surface area contributed by atoms with Crippen LogP contribution in [-0.2, 0) is 11.3 Å². The predicted octanol–water partition coefficient (Wildman–Crippen LogP) is 1.23. The summed E-state index contributed by atoms with van der Waals surface area (Å²) in [6.07, 6.45) is 4.45. The van der Waals surface area contributed by atoms with Crippen molar-refractivity contribution in [2.75, 3.05) is 6.54 Å². The average molecular weight is 249 g/mol. The molecule has 1 aromatic rings. The Labute approximate surface area is 107 Å². The van der Waals surface area contributed by atoms with Crippen molar-refractivity contribution in [3.8, 4) is 0 Å². The number of likely N-dealkylation sites (tertiary alicyclic amines) is 1. The number of hydrogen-bond donors (Lipinski definition) is 1. The molecule has 1 aromatic heterocycles. The van der Waals surface area contributed by atoms with Crippen molar-refractivity contribution in [2.24, 2.45) is 0 Å². The Balaban J connectivity index is 1.62. The molecule has 0 bridgehead atoms. The van der Waals surface area contributed by atoms with Crippen LogP contribution in [0.25, 0.3) is 0 Å². The predicted molar refractivity (Wildman–Crippen MR) is 65.8 cm³/mol. The minimum Gasteiger partial charge on any atom is -0.361 e. The van der Waals surface area contributed by atoms with Crippen LogP contribution < -0.4 is 5.32 Å². The number of carbonyl (C=O) groups excluding carboxylic acids is 1. The van der Waals surface area contributed by atoms with E-state index in [9.17, 15) is 4.79 Å². The highest BCUT2D eigenvalue weighted by Gasteiger charge is 2.33. The maximum absolute atomic E-state index is 12.3. The molecule has 18 heavy (non-hydrogen) atoms. The Bertz CT molecular complexity index is 439. The van der Waals surface area contributed by atoms with E-state index in [1.165, 1.54) is 12.8 Å². The van der Waals surface area contributed by atoms with Gasteiger partial charge in [0.2, 0.25) is 5.91 Å². The number of rotatable bonds is 4. The molecule has 1 saturated carbocycles. The van der Waals surface area contributed by atoms with Crippen LogP contribution in [0.5, 0.6) is 0 Å². The number of aromatic nitrogens is 1. The zero-order chi connectivity index (χ0) is 12.5. The van der Waals surface area contributed by atoms with E-state index in [-0.39, 0.29) is 11.9 Å². The summed E-state index contributed by atoms with van der Waals surface area (Å²) in [6.45, 7) is 3.26. The number of amides is 1. The Hall–Kier alpha value is -1.36. The van der Waals surface area contributed by atoms with Crippen molar-refractivity contribution in [2.45, 2.75) is 51.2 Å². The molecule has 1 atom stereocenters. The molecule has 0 spiro atoms. The summed E-state index contributed by atoms with van der Waals surface area (Å²) in [4.78, 5) is 14.2. The van der Waals surface area contributed by atoms with Crippen LogP contribution in [0, 0.1) is 6.92 Å². The molecule has 3 rings (SSSR count). The molecule has 0 aromatic carbocycles. The van der Waals surface area contributed by atoms with Crippen molar-refractivity contribution < 1.29 is 9.32 Å².